The number of benzene rings is 1. The van der Waals surface area contributed by atoms with Gasteiger partial charge in [0.15, 0.2) is 0 Å². The van der Waals surface area contributed by atoms with Gasteiger partial charge in [0.1, 0.15) is 5.75 Å². The first-order valence-corrected chi connectivity index (χ1v) is 8.37. The first kappa shape index (κ1) is 16.1. The Morgan fingerprint density at radius 1 is 1.19 bits per heavy atom. The Morgan fingerprint density at radius 3 is 2.67 bits per heavy atom. The van der Waals surface area contributed by atoms with Crippen LogP contribution in [0, 0.1) is 0 Å². The summed E-state index contributed by atoms with van der Waals surface area (Å²) in [5.41, 5.74) is 2.89. The van der Waals surface area contributed by atoms with E-state index in [1.807, 2.05) is 0 Å². The van der Waals surface area contributed by atoms with Crippen molar-refractivity contribution >= 4 is 0 Å². The average molecular weight is 287 g/mol. The van der Waals surface area contributed by atoms with Gasteiger partial charge in [-0.1, -0.05) is 36.8 Å². The van der Waals surface area contributed by atoms with E-state index in [0.717, 1.165) is 18.7 Å². The number of rotatable bonds is 7. The molecule has 1 aliphatic rings. The monoisotopic (exact) mass is 287 g/mol. The molecule has 0 aliphatic heterocycles. The molecular formula is C19H29NO. The molecule has 2 nitrogen and oxygen atoms in total. The maximum Gasteiger partial charge on any atom is 0.124 e. The Bertz CT molecular complexity index is 464. The number of hydrogen-bond donors (Lipinski definition) is 1. The zero-order valence-electron chi connectivity index (χ0n) is 13.7. The fraction of sp³-hybridized carbons (Fsp3) is 0.579. The molecule has 0 heterocycles. The minimum absolute atomic E-state index is 0.210. The molecule has 21 heavy (non-hydrogen) atoms. The summed E-state index contributed by atoms with van der Waals surface area (Å²) in [7, 11) is 0. The molecule has 0 bridgehead atoms. The summed E-state index contributed by atoms with van der Waals surface area (Å²) >= 11 is 0. The topological polar surface area (TPSA) is 21.3 Å². The van der Waals surface area contributed by atoms with E-state index < -0.39 is 0 Å². The van der Waals surface area contributed by atoms with Crippen LogP contribution in [0.15, 0.2) is 35.9 Å². The lowest BCUT2D eigenvalue weighted by molar-refractivity contribution is 0.237. The van der Waals surface area contributed by atoms with Gasteiger partial charge in [0.25, 0.3) is 0 Å². The standard InChI is InChI=1S/C19H29NO/c1-4-20-18(14-16-10-6-5-7-11-16)17-12-8-9-13-19(17)21-15(2)3/h8-10,12-13,15,18,20H,4-7,11,14H2,1-3H3. The molecule has 0 amide bonds. The van der Waals surface area contributed by atoms with Gasteiger partial charge in [-0.15, -0.1) is 0 Å². The van der Waals surface area contributed by atoms with Crippen molar-refractivity contribution < 1.29 is 4.74 Å². The van der Waals surface area contributed by atoms with Gasteiger partial charge in [-0.3, -0.25) is 0 Å². The van der Waals surface area contributed by atoms with Crippen LogP contribution in [-0.2, 0) is 0 Å². The van der Waals surface area contributed by atoms with Crippen molar-refractivity contribution in [3.8, 4) is 5.75 Å². The second-order valence-corrected chi connectivity index (χ2v) is 6.13. The molecule has 1 unspecified atom stereocenters. The zero-order chi connectivity index (χ0) is 15.1. The van der Waals surface area contributed by atoms with Crippen LogP contribution in [0.25, 0.3) is 0 Å². The summed E-state index contributed by atoms with van der Waals surface area (Å²) in [6, 6.07) is 8.82. The van der Waals surface area contributed by atoms with Crippen molar-refractivity contribution in [1.29, 1.82) is 0 Å². The van der Waals surface area contributed by atoms with Gasteiger partial charge in [-0.25, -0.2) is 0 Å². The minimum Gasteiger partial charge on any atom is -0.491 e. The molecule has 2 rings (SSSR count). The average Bonchev–Trinajstić information content (AvgIpc) is 2.48. The molecule has 2 heteroatoms. The predicted molar refractivity (Wildman–Crippen MR) is 89.8 cm³/mol. The highest BCUT2D eigenvalue weighted by atomic mass is 16.5. The molecule has 0 aromatic heterocycles. The predicted octanol–water partition coefficient (Wildman–Crippen LogP) is 5.01. The summed E-state index contributed by atoms with van der Waals surface area (Å²) in [5.74, 6) is 1.02. The second kappa shape index (κ2) is 8.23. The SMILES string of the molecule is CCNC(CC1=CCCCC1)c1ccccc1OC(C)C. The maximum absolute atomic E-state index is 6.00. The lowest BCUT2D eigenvalue weighted by atomic mass is 9.91. The van der Waals surface area contributed by atoms with Gasteiger partial charge in [-0.05, 0) is 58.6 Å². The zero-order valence-corrected chi connectivity index (χ0v) is 13.7. The summed E-state index contributed by atoms with van der Waals surface area (Å²) in [6.07, 6.45) is 8.96. The summed E-state index contributed by atoms with van der Waals surface area (Å²) < 4.78 is 6.00. The Kier molecular flexibility index (Phi) is 6.31. The van der Waals surface area contributed by atoms with Crippen LogP contribution < -0.4 is 10.1 Å². The first-order chi connectivity index (χ1) is 10.2. The highest BCUT2D eigenvalue weighted by Gasteiger charge is 2.18. The van der Waals surface area contributed by atoms with E-state index in [4.69, 9.17) is 4.74 Å². The number of allylic oxidation sites excluding steroid dienone is 1. The van der Waals surface area contributed by atoms with Crippen LogP contribution in [0.2, 0.25) is 0 Å². The highest BCUT2D eigenvalue weighted by Crippen LogP contribution is 2.32. The molecule has 1 N–H and O–H groups in total. The van der Waals surface area contributed by atoms with Gasteiger partial charge in [0.2, 0.25) is 0 Å². The third kappa shape index (κ3) is 4.89. The number of nitrogens with one attached hydrogen (secondary N) is 1. The van der Waals surface area contributed by atoms with Crippen LogP contribution >= 0.6 is 0 Å². The molecule has 1 aromatic rings. The highest BCUT2D eigenvalue weighted by molar-refractivity contribution is 5.37. The quantitative estimate of drug-likeness (QED) is 0.711. The second-order valence-electron chi connectivity index (χ2n) is 6.13. The minimum atomic E-state index is 0.210. The van der Waals surface area contributed by atoms with E-state index in [2.05, 4.69) is 56.4 Å². The van der Waals surface area contributed by atoms with Gasteiger partial charge in [0, 0.05) is 11.6 Å². The third-order valence-corrected chi connectivity index (χ3v) is 3.96. The van der Waals surface area contributed by atoms with E-state index in [1.165, 1.54) is 31.2 Å². The molecule has 0 saturated carbocycles. The van der Waals surface area contributed by atoms with Crippen molar-refractivity contribution in [2.75, 3.05) is 6.54 Å². The van der Waals surface area contributed by atoms with Gasteiger partial charge >= 0.3 is 0 Å². The molecule has 116 valence electrons. The fourth-order valence-corrected chi connectivity index (χ4v) is 3.02. The largest absolute Gasteiger partial charge is 0.491 e. The first-order valence-electron chi connectivity index (χ1n) is 8.37. The van der Waals surface area contributed by atoms with Gasteiger partial charge < -0.3 is 10.1 Å². The van der Waals surface area contributed by atoms with Crippen molar-refractivity contribution in [1.82, 2.24) is 5.32 Å². The maximum atomic E-state index is 6.00. The van der Waals surface area contributed by atoms with Gasteiger partial charge in [0.05, 0.1) is 6.10 Å². The third-order valence-electron chi connectivity index (χ3n) is 3.96. The van der Waals surface area contributed by atoms with Crippen molar-refractivity contribution in [2.45, 2.75) is 65.0 Å². The van der Waals surface area contributed by atoms with Crippen LogP contribution in [-0.4, -0.2) is 12.6 Å². The molecular weight excluding hydrogens is 258 g/mol. The fourth-order valence-electron chi connectivity index (χ4n) is 3.02. The molecule has 0 spiro atoms. The van der Waals surface area contributed by atoms with E-state index in [0.29, 0.717) is 6.04 Å². The van der Waals surface area contributed by atoms with E-state index >= 15 is 0 Å². The summed E-state index contributed by atoms with van der Waals surface area (Å²) in [5, 5.41) is 3.64. The number of para-hydroxylation sites is 1. The van der Waals surface area contributed by atoms with Crippen LogP contribution in [0.5, 0.6) is 5.75 Å². The molecule has 1 aliphatic carbocycles. The van der Waals surface area contributed by atoms with Gasteiger partial charge in [-0.2, -0.15) is 0 Å². The molecule has 0 fully saturated rings. The lowest BCUT2D eigenvalue weighted by Crippen LogP contribution is -2.23. The van der Waals surface area contributed by atoms with Crippen LogP contribution in [0.1, 0.15) is 64.5 Å². The molecule has 0 radical (unpaired) electrons. The summed E-state index contributed by atoms with van der Waals surface area (Å²) in [6.45, 7) is 7.33. The van der Waals surface area contributed by atoms with Crippen LogP contribution in [0.4, 0.5) is 0 Å². The Labute approximate surface area is 129 Å². The Hall–Kier alpha value is -1.28. The lowest BCUT2D eigenvalue weighted by Gasteiger charge is -2.24. The Balaban J connectivity index is 2.18. The smallest absolute Gasteiger partial charge is 0.124 e. The van der Waals surface area contributed by atoms with Crippen molar-refractivity contribution in [3.63, 3.8) is 0 Å². The molecule has 1 atom stereocenters. The molecule has 1 aromatic carbocycles. The van der Waals surface area contributed by atoms with E-state index in [-0.39, 0.29) is 6.10 Å². The summed E-state index contributed by atoms with van der Waals surface area (Å²) in [4.78, 5) is 0. The number of hydrogen-bond acceptors (Lipinski definition) is 2. The Morgan fingerprint density at radius 2 is 2.00 bits per heavy atom. The number of ether oxygens (including phenoxy) is 1. The normalized spacial score (nSPS) is 16.7. The van der Waals surface area contributed by atoms with E-state index in [1.54, 1.807) is 5.57 Å². The van der Waals surface area contributed by atoms with Crippen LogP contribution in [0.3, 0.4) is 0 Å². The van der Waals surface area contributed by atoms with Crippen molar-refractivity contribution in [3.05, 3.63) is 41.5 Å². The van der Waals surface area contributed by atoms with Crippen molar-refractivity contribution in [2.24, 2.45) is 0 Å². The van der Waals surface area contributed by atoms with E-state index in [9.17, 15) is 0 Å². The molecule has 0 saturated heterocycles.